The average molecular weight is 741 g/mol. The van der Waals surface area contributed by atoms with E-state index < -0.39 is 72.1 Å². The number of nitrogens with one attached hydrogen (secondary N) is 4. The number of hydrogen-bond acceptors (Lipinski definition) is 8. The van der Waals surface area contributed by atoms with Crippen LogP contribution in [0.3, 0.4) is 0 Å². The van der Waals surface area contributed by atoms with Crippen molar-refractivity contribution in [3.8, 4) is 0 Å². The van der Waals surface area contributed by atoms with Gasteiger partial charge in [0.05, 0.1) is 25.3 Å². The highest BCUT2D eigenvalue weighted by molar-refractivity contribution is 6.38. The lowest BCUT2D eigenvalue weighted by Gasteiger charge is -2.31. The Hall–Kier alpha value is -4.33. The molecule has 0 aromatic heterocycles. The van der Waals surface area contributed by atoms with Crippen molar-refractivity contribution in [3.63, 3.8) is 0 Å². The van der Waals surface area contributed by atoms with Crippen molar-refractivity contribution >= 4 is 41.2 Å². The molecule has 3 rings (SSSR count). The van der Waals surface area contributed by atoms with Crippen molar-refractivity contribution in [1.29, 1.82) is 0 Å². The number of hydrogen-bond donors (Lipinski definition) is 5. The maximum atomic E-state index is 14.2. The first kappa shape index (κ1) is 43.1. The molecular formula is C39H60N6O8. The smallest absolute Gasteiger partial charge is 0.290 e. The number of benzene rings is 1. The van der Waals surface area contributed by atoms with Crippen LogP contribution < -0.4 is 27.0 Å². The molecule has 3 unspecified atom stereocenters. The van der Waals surface area contributed by atoms with E-state index in [1.165, 1.54) is 11.3 Å². The zero-order valence-electron chi connectivity index (χ0n) is 31.8. The Morgan fingerprint density at radius 3 is 2.19 bits per heavy atom. The number of Topliss-reactive ketones (excluding diaryl/α,β-unsaturated/α-hetero) is 1. The molecule has 1 saturated heterocycles. The number of amides is 6. The highest BCUT2D eigenvalue weighted by Gasteiger charge is 2.44. The molecule has 1 aliphatic carbocycles. The first-order valence-corrected chi connectivity index (χ1v) is 19.3. The van der Waals surface area contributed by atoms with Gasteiger partial charge in [0.2, 0.25) is 35.3 Å². The molecule has 0 spiro atoms. The first-order valence-electron chi connectivity index (χ1n) is 19.3. The number of carbonyl (C=O) groups is 7. The molecule has 0 radical (unpaired) electrons. The van der Waals surface area contributed by atoms with Gasteiger partial charge in [0.25, 0.3) is 5.91 Å². The van der Waals surface area contributed by atoms with E-state index in [0.717, 1.165) is 37.7 Å². The van der Waals surface area contributed by atoms with Crippen molar-refractivity contribution in [2.75, 3.05) is 13.1 Å². The van der Waals surface area contributed by atoms with Gasteiger partial charge >= 0.3 is 0 Å². The molecule has 1 aliphatic heterocycles. The van der Waals surface area contributed by atoms with Gasteiger partial charge in [-0.1, -0.05) is 96.6 Å². The minimum atomic E-state index is -1.23. The molecule has 5 atom stereocenters. The molecule has 1 heterocycles. The molecule has 1 saturated carbocycles. The Morgan fingerprint density at radius 2 is 1.57 bits per heavy atom. The fraction of sp³-hybridized carbons (Fsp3) is 0.667. The molecule has 14 nitrogen and oxygen atoms in total. The lowest BCUT2D eigenvalue weighted by atomic mass is 9.86. The number of unbranched alkanes of at least 4 members (excludes halogenated alkanes) is 1. The molecule has 294 valence electrons. The molecular weight excluding hydrogens is 680 g/mol. The van der Waals surface area contributed by atoms with E-state index in [9.17, 15) is 33.6 Å². The van der Waals surface area contributed by atoms with Crippen LogP contribution in [0.1, 0.15) is 110 Å². The Morgan fingerprint density at radius 1 is 0.868 bits per heavy atom. The van der Waals surface area contributed by atoms with Gasteiger partial charge in [-0.2, -0.15) is 0 Å². The van der Waals surface area contributed by atoms with Crippen molar-refractivity contribution in [2.45, 2.75) is 142 Å². The van der Waals surface area contributed by atoms with Gasteiger partial charge in [0, 0.05) is 19.4 Å². The molecule has 2 aliphatic rings. The van der Waals surface area contributed by atoms with Crippen LogP contribution in [-0.2, 0) is 44.9 Å². The number of rotatable bonds is 21. The summed E-state index contributed by atoms with van der Waals surface area (Å²) in [6, 6.07) is 5.46. The van der Waals surface area contributed by atoms with Crippen LogP contribution in [0.25, 0.3) is 0 Å². The SMILES string of the molecule is CCCCC(NC(=O)CNC(=O)C(=O)C(CCC)NC(=O)[C@@H]1C[C@@H](OCc2ccccc2)CN1C(=O)C(NC(=O)CC1CCCCC1)C(C)C)C(N)=O. The number of nitrogens with zero attached hydrogens (tertiary/aromatic N) is 1. The molecule has 0 bridgehead atoms. The van der Waals surface area contributed by atoms with Gasteiger partial charge in [-0.25, -0.2) is 0 Å². The van der Waals surface area contributed by atoms with Crippen molar-refractivity contribution in [3.05, 3.63) is 35.9 Å². The molecule has 14 heteroatoms. The average Bonchev–Trinajstić information content (AvgIpc) is 3.58. The second-order valence-electron chi connectivity index (χ2n) is 14.7. The molecule has 1 aromatic rings. The van der Waals surface area contributed by atoms with E-state index in [-0.39, 0.29) is 43.7 Å². The van der Waals surface area contributed by atoms with E-state index >= 15 is 0 Å². The maximum Gasteiger partial charge on any atom is 0.290 e. The number of carbonyl (C=O) groups excluding carboxylic acids is 7. The Kier molecular flexibility index (Phi) is 17.9. The summed E-state index contributed by atoms with van der Waals surface area (Å²) in [4.78, 5) is 93.1. The zero-order valence-corrected chi connectivity index (χ0v) is 31.8. The highest BCUT2D eigenvalue weighted by atomic mass is 16.5. The fourth-order valence-corrected chi connectivity index (χ4v) is 6.95. The predicted octanol–water partition coefficient (Wildman–Crippen LogP) is 2.41. The zero-order chi connectivity index (χ0) is 38.9. The van der Waals surface area contributed by atoms with Crippen molar-refractivity contribution in [2.24, 2.45) is 17.6 Å². The number of likely N-dealkylation sites (tertiary alicyclic amines) is 1. The monoisotopic (exact) mass is 740 g/mol. The van der Waals surface area contributed by atoms with Crippen LogP contribution in [-0.4, -0.2) is 89.5 Å². The summed E-state index contributed by atoms with van der Waals surface area (Å²) >= 11 is 0. The normalized spacial score (nSPS) is 19.2. The van der Waals surface area contributed by atoms with Gasteiger partial charge in [0.1, 0.15) is 18.1 Å². The minimum absolute atomic E-state index is 0.0952. The van der Waals surface area contributed by atoms with Gasteiger partial charge in [-0.15, -0.1) is 0 Å². The van der Waals surface area contributed by atoms with Crippen LogP contribution >= 0.6 is 0 Å². The Labute approximate surface area is 313 Å². The third-order valence-electron chi connectivity index (χ3n) is 9.99. The summed E-state index contributed by atoms with van der Waals surface area (Å²) in [5, 5.41) is 10.4. The Balaban J connectivity index is 1.72. The summed E-state index contributed by atoms with van der Waals surface area (Å²) in [5.41, 5.74) is 6.31. The van der Waals surface area contributed by atoms with E-state index in [0.29, 0.717) is 25.7 Å². The first-order chi connectivity index (χ1) is 25.3. The molecule has 2 fully saturated rings. The summed E-state index contributed by atoms with van der Waals surface area (Å²) in [6.45, 7) is 7.19. The molecule has 6 N–H and O–H groups in total. The molecule has 53 heavy (non-hydrogen) atoms. The summed E-state index contributed by atoms with van der Waals surface area (Å²) in [5.74, 6) is -4.64. The second-order valence-corrected chi connectivity index (χ2v) is 14.7. The number of nitrogens with two attached hydrogens (primary N) is 1. The standard InChI is InChI=1S/C39H60N6O8/c1-5-7-19-30(36(40)49)42-33(47)22-41-38(51)35(48)29(14-6-2)43-37(50)31-21-28(53-24-27-17-12-9-13-18-27)23-45(31)39(52)34(25(3)4)44-32(46)20-26-15-10-8-11-16-26/h9,12-13,17-18,25-26,28-31,34H,5-8,10-11,14-16,19-24H2,1-4H3,(H2,40,49)(H,41,51)(H,42,47)(H,43,50)(H,44,46)/t28-,29?,30?,31+,34?/m1/s1. The van der Waals surface area contributed by atoms with E-state index in [2.05, 4.69) is 21.3 Å². The number of ether oxygens (including phenoxy) is 1. The van der Waals surface area contributed by atoms with Gasteiger partial charge in [0.15, 0.2) is 0 Å². The van der Waals surface area contributed by atoms with E-state index in [1.807, 2.05) is 51.1 Å². The largest absolute Gasteiger partial charge is 0.372 e. The molecule has 6 amide bonds. The van der Waals surface area contributed by atoms with E-state index in [1.54, 1.807) is 6.92 Å². The van der Waals surface area contributed by atoms with Crippen LogP contribution in [0.2, 0.25) is 0 Å². The quantitative estimate of drug-likeness (QED) is 0.118. The summed E-state index contributed by atoms with van der Waals surface area (Å²) < 4.78 is 6.17. The van der Waals surface area contributed by atoms with Gasteiger partial charge in [-0.05, 0) is 43.1 Å². The number of primary amides is 1. The van der Waals surface area contributed by atoms with Crippen LogP contribution in [0, 0.1) is 11.8 Å². The third kappa shape index (κ3) is 13.9. The van der Waals surface area contributed by atoms with Crippen molar-refractivity contribution in [1.82, 2.24) is 26.2 Å². The minimum Gasteiger partial charge on any atom is -0.372 e. The second kappa shape index (κ2) is 22.0. The topological polar surface area (TPSA) is 206 Å². The predicted molar refractivity (Wildman–Crippen MR) is 199 cm³/mol. The number of ketones is 1. The van der Waals surface area contributed by atoms with Gasteiger partial charge in [-0.3, -0.25) is 33.6 Å². The highest BCUT2D eigenvalue weighted by Crippen LogP contribution is 2.27. The maximum absolute atomic E-state index is 14.2. The summed E-state index contributed by atoms with van der Waals surface area (Å²) in [6.07, 6.45) is 7.68. The summed E-state index contributed by atoms with van der Waals surface area (Å²) in [7, 11) is 0. The van der Waals surface area contributed by atoms with E-state index in [4.69, 9.17) is 10.5 Å². The van der Waals surface area contributed by atoms with Crippen LogP contribution in [0.4, 0.5) is 0 Å². The lowest BCUT2D eigenvalue weighted by Crippen LogP contribution is -2.57. The van der Waals surface area contributed by atoms with Crippen molar-refractivity contribution < 1.29 is 38.3 Å². The third-order valence-corrected chi connectivity index (χ3v) is 9.99. The fourth-order valence-electron chi connectivity index (χ4n) is 6.95. The Bertz CT molecular complexity index is 1400. The van der Waals surface area contributed by atoms with Gasteiger partial charge < -0.3 is 36.6 Å². The van der Waals surface area contributed by atoms with Crippen LogP contribution in [0.5, 0.6) is 0 Å². The molecule has 1 aromatic carbocycles. The van der Waals surface area contributed by atoms with Crippen LogP contribution in [0.15, 0.2) is 30.3 Å². The lowest BCUT2D eigenvalue weighted by molar-refractivity contribution is -0.144.